The van der Waals surface area contributed by atoms with Crippen LogP contribution in [0.2, 0.25) is 0 Å². The third-order valence-corrected chi connectivity index (χ3v) is 7.07. The molecule has 13 heteroatoms. The Hall–Kier alpha value is -4.39. The van der Waals surface area contributed by atoms with Crippen molar-refractivity contribution >= 4 is 22.8 Å². The van der Waals surface area contributed by atoms with Crippen LogP contribution in [-0.2, 0) is 18.4 Å². The molecule has 0 bridgehead atoms. The highest BCUT2D eigenvalue weighted by Gasteiger charge is 2.28. The van der Waals surface area contributed by atoms with E-state index >= 15 is 4.39 Å². The van der Waals surface area contributed by atoms with Gasteiger partial charge in [-0.25, -0.2) is 14.4 Å². The molecule has 1 fully saturated rings. The Bertz CT molecular complexity index is 1600. The zero-order valence-corrected chi connectivity index (χ0v) is 21.8. The summed E-state index contributed by atoms with van der Waals surface area (Å²) in [6.45, 7) is -0.297. The van der Waals surface area contributed by atoms with Crippen LogP contribution >= 0.6 is 0 Å². The number of nitrogens with zero attached hydrogens (tertiary/aromatic N) is 6. The largest absolute Gasteiger partial charge is 0.434 e. The topological polar surface area (TPSA) is 106 Å². The number of carbonyl (C=O) groups is 1. The molecule has 0 unspecified atom stereocenters. The van der Waals surface area contributed by atoms with Crippen LogP contribution in [0.25, 0.3) is 22.0 Å². The van der Waals surface area contributed by atoms with Crippen molar-refractivity contribution in [2.45, 2.75) is 26.1 Å². The smallest absolute Gasteiger partial charge is 0.387 e. The van der Waals surface area contributed by atoms with E-state index in [4.69, 9.17) is 5.11 Å². The van der Waals surface area contributed by atoms with Gasteiger partial charge in [0.05, 0.1) is 17.4 Å². The summed E-state index contributed by atoms with van der Waals surface area (Å²) in [5, 5.41) is 9.29. The monoisotopic (exact) mass is 556 g/mol. The standard InChI is InChI=1S/C27H27F3N6O4/c1-16-13-34(7-8-35(16)24(38)15-37)27-31-11-18(12-32-27)19-10-22-20(9-21(19)28)25(39)33(2)36(22)14-17-5-3-4-6-23(17)40-26(29)30/h3-6,9-12,16,26,37H,7-8,13-15H2,1-2H3/t16-/m1/s1. The molecule has 1 amide bonds. The summed E-state index contributed by atoms with van der Waals surface area (Å²) >= 11 is 0. The molecule has 0 radical (unpaired) electrons. The van der Waals surface area contributed by atoms with Crippen molar-refractivity contribution in [3.05, 3.63) is 70.5 Å². The molecule has 1 aliphatic heterocycles. The molecular formula is C27H27F3N6O4. The predicted molar refractivity (Wildman–Crippen MR) is 141 cm³/mol. The Morgan fingerprint density at radius 2 is 1.90 bits per heavy atom. The van der Waals surface area contributed by atoms with E-state index in [0.717, 1.165) is 6.07 Å². The number of halogens is 3. The van der Waals surface area contributed by atoms with Crippen LogP contribution in [-0.4, -0.2) is 74.1 Å². The fourth-order valence-corrected chi connectivity index (χ4v) is 5.04. The number of benzene rings is 2. The van der Waals surface area contributed by atoms with Gasteiger partial charge in [0.25, 0.3) is 5.56 Å². The number of para-hydroxylation sites is 1. The van der Waals surface area contributed by atoms with Gasteiger partial charge in [-0.2, -0.15) is 8.78 Å². The van der Waals surface area contributed by atoms with Crippen LogP contribution in [0.3, 0.4) is 0 Å². The van der Waals surface area contributed by atoms with Crippen molar-refractivity contribution in [2.75, 3.05) is 31.1 Å². The Morgan fingerprint density at radius 3 is 2.58 bits per heavy atom. The number of alkyl halides is 2. The van der Waals surface area contributed by atoms with Crippen LogP contribution < -0.4 is 15.2 Å². The van der Waals surface area contributed by atoms with E-state index in [-0.39, 0.29) is 35.2 Å². The first-order valence-corrected chi connectivity index (χ1v) is 12.6. The quantitative estimate of drug-likeness (QED) is 0.373. The van der Waals surface area contributed by atoms with Gasteiger partial charge < -0.3 is 19.6 Å². The maximum atomic E-state index is 15.2. The number of amides is 1. The van der Waals surface area contributed by atoms with Gasteiger partial charge in [-0.15, -0.1) is 0 Å². The highest BCUT2D eigenvalue weighted by atomic mass is 19.3. The van der Waals surface area contributed by atoms with Crippen molar-refractivity contribution in [3.8, 4) is 16.9 Å². The fourth-order valence-electron chi connectivity index (χ4n) is 5.04. The van der Waals surface area contributed by atoms with Gasteiger partial charge in [-0.3, -0.25) is 19.0 Å². The minimum absolute atomic E-state index is 0.0194. The van der Waals surface area contributed by atoms with E-state index in [1.165, 1.54) is 36.3 Å². The zero-order chi connectivity index (χ0) is 28.6. The second-order valence-electron chi connectivity index (χ2n) is 9.53. The summed E-state index contributed by atoms with van der Waals surface area (Å²) < 4.78 is 48.6. The molecule has 2 aromatic heterocycles. The first-order valence-electron chi connectivity index (χ1n) is 12.6. The van der Waals surface area contributed by atoms with Crippen molar-refractivity contribution in [2.24, 2.45) is 7.05 Å². The molecule has 1 N–H and O–H groups in total. The number of anilines is 1. The predicted octanol–water partition coefficient (Wildman–Crippen LogP) is 2.62. The van der Waals surface area contributed by atoms with E-state index < -0.39 is 24.6 Å². The lowest BCUT2D eigenvalue weighted by molar-refractivity contribution is -0.136. The number of hydrogen-bond donors (Lipinski definition) is 1. The van der Waals surface area contributed by atoms with Crippen LogP contribution in [0.1, 0.15) is 12.5 Å². The maximum Gasteiger partial charge on any atom is 0.387 e. The van der Waals surface area contributed by atoms with Crippen LogP contribution in [0.5, 0.6) is 5.75 Å². The summed E-state index contributed by atoms with van der Waals surface area (Å²) in [6.07, 6.45) is 2.97. The van der Waals surface area contributed by atoms with E-state index in [1.54, 1.807) is 27.8 Å². The number of aromatic nitrogens is 4. The first-order chi connectivity index (χ1) is 19.2. The van der Waals surface area contributed by atoms with Gasteiger partial charge in [0, 0.05) is 61.8 Å². The molecule has 40 heavy (non-hydrogen) atoms. The third kappa shape index (κ3) is 5.11. The molecule has 0 saturated carbocycles. The number of rotatable bonds is 7. The Kier molecular flexibility index (Phi) is 7.48. The molecule has 0 aliphatic carbocycles. The second kappa shape index (κ2) is 11.0. The summed E-state index contributed by atoms with van der Waals surface area (Å²) in [6, 6.07) is 8.79. The summed E-state index contributed by atoms with van der Waals surface area (Å²) in [4.78, 5) is 37.1. The van der Waals surface area contributed by atoms with Gasteiger partial charge in [0.15, 0.2) is 0 Å². The molecule has 4 aromatic rings. The number of ether oxygens (including phenoxy) is 1. The van der Waals surface area contributed by atoms with Gasteiger partial charge >= 0.3 is 6.61 Å². The molecule has 2 aromatic carbocycles. The van der Waals surface area contributed by atoms with Gasteiger partial charge in [0.2, 0.25) is 11.9 Å². The number of piperazine rings is 1. The first kappa shape index (κ1) is 27.2. The lowest BCUT2D eigenvalue weighted by Gasteiger charge is -2.39. The lowest BCUT2D eigenvalue weighted by Crippen LogP contribution is -2.55. The Labute approximate surface area is 226 Å². The van der Waals surface area contributed by atoms with Crippen molar-refractivity contribution in [3.63, 3.8) is 0 Å². The van der Waals surface area contributed by atoms with E-state index in [0.29, 0.717) is 42.2 Å². The Morgan fingerprint density at radius 1 is 1.18 bits per heavy atom. The number of aliphatic hydroxyl groups is 1. The van der Waals surface area contributed by atoms with Gasteiger partial charge in [-0.1, -0.05) is 18.2 Å². The third-order valence-electron chi connectivity index (χ3n) is 7.07. The zero-order valence-electron chi connectivity index (χ0n) is 21.8. The summed E-state index contributed by atoms with van der Waals surface area (Å²) in [5.74, 6) is -0.571. The summed E-state index contributed by atoms with van der Waals surface area (Å²) in [7, 11) is 1.52. The second-order valence-corrected chi connectivity index (χ2v) is 9.53. The molecule has 1 saturated heterocycles. The molecule has 1 aliphatic rings. The molecule has 1 atom stereocenters. The molecule has 0 spiro atoms. The average molecular weight is 557 g/mol. The van der Waals surface area contributed by atoms with Crippen LogP contribution in [0, 0.1) is 5.82 Å². The maximum absolute atomic E-state index is 15.2. The van der Waals surface area contributed by atoms with Crippen molar-refractivity contribution in [1.29, 1.82) is 0 Å². The van der Waals surface area contributed by atoms with E-state index in [1.807, 2.05) is 11.8 Å². The number of carbonyl (C=O) groups excluding carboxylic acids is 1. The highest BCUT2D eigenvalue weighted by molar-refractivity contribution is 5.85. The lowest BCUT2D eigenvalue weighted by atomic mass is 10.1. The van der Waals surface area contributed by atoms with Gasteiger partial charge in [0.1, 0.15) is 18.2 Å². The van der Waals surface area contributed by atoms with Crippen LogP contribution in [0.4, 0.5) is 19.1 Å². The average Bonchev–Trinajstić information content (AvgIpc) is 3.17. The van der Waals surface area contributed by atoms with Crippen molar-refractivity contribution < 1.29 is 27.8 Å². The molecule has 10 nitrogen and oxygen atoms in total. The number of fused-ring (bicyclic) bond motifs is 1. The molecule has 5 rings (SSSR count). The fraction of sp³-hybridized carbons (Fsp3) is 0.333. The minimum Gasteiger partial charge on any atom is -0.434 e. The SMILES string of the molecule is C[C@@H]1CN(c2ncc(-c3cc4c(cc3F)c(=O)n(C)n4Cc3ccccc3OC(F)F)cn2)CCN1C(=O)CO. The van der Waals surface area contributed by atoms with Crippen molar-refractivity contribution in [1.82, 2.24) is 24.2 Å². The summed E-state index contributed by atoms with van der Waals surface area (Å²) in [5.41, 5.74) is 0.936. The van der Waals surface area contributed by atoms with Gasteiger partial charge in [-0.05, 0) is 25.1 Å². The minimum atomic E-state index is -3.01. The van der Waals surface area contributed by atoms with Crippen LogP contribution in [0.15, 0.2) is 53.6 Å². The Balaban J connectivity index is 1.46. The normalized spacial score (nSPS) is 15.7. The number of aliphatic hydroxyl groups excluding tert-OH is 1. The van der Waals surface area contributed by atoms with E-state index in [9.17, 15) is 18.4 Å². The highest BCUT2D eigenvalue weighted by Crippen LogP contribution is 2.29. The molecule has 210 valence electrons. The molecule has 3 heterocycles. The number of hydrogen-bond acceptors (Lipinski definition) is 7. The molecular weight excluding hydrogens is 529 g/mol. The van der Waals surface area contributed by atoms with E-state index in [2.05, 4.69) is 14.7 Å².